The topological polar surface area (TPSA) is 147 Å². The molecule has 210 valence electrons. The Morgan fingerprint density at radius 3 is 2.58 bits per heavy atom. The van der Waals surface area contributed by atoms with Crippen LogP contribution in [-0.4, -0.2) is 71.6 Å². The van der Waals surface area contributed by atoms with Crippen LogP contribution in [-0.2, 0) is 22.6 Å². The smallest absolute Gasteiger partial charge is 0.330 e. The number of nitrogens with zero attached hydrogens (tertiary/aromatic N) is 5. The molecule has 3 amide bonds. The Kier molecular flexibility index (Phi) is 7.56. The SMILES string of the molecule is C=CC(=O)NC1COCC1Nc1ncc2c(n1)N(Cc1cn[nH]c1)C(=O)N(c1c(C)c(OC)cc(OC)c1C)C2. The summed E-state index contributed by atoms with van der Waals surface area (Å²) in [6.45, 7) is 8.54. The van der Waals surface area contributed by atoms with Crippen LogP contribution in [0.5, 0.6) is 11.5 Å². The lowest BCUT2D eigenvalue weighted by Crippen LogP contribution is -2.48. The minimum Gasteiger partial charge on any atom is -0.496 e. The number of aromatic nitrogens is 4. The van der Waals surface area contributed by atoms with E-state index in [1.807, 2.05) is 19.9 Å². The van der Waals surface area contributed by atoms with Crippen molar-refractivity contribution in [1.82, 2.24) is 25.5 Å². The zero-order valence-corrected chi connectivity index (χ0v) is 22.9. The number of carbonyl (C=O) groups excluding carboxylic acids is 2. The lowest BCUT2D eigenvalue weighted by molar-refractivity contribution is -0.117. The number of carbonyl (C=O) groups is 2. The molecule has 40 heavy (non-hydrogen) atoms. The van der Waals surface area contributed by atoms with E-state index in [2.05, 4.69) is 32.4 Å². The number of fused-ring (bicyclic) bond motifs is 1. The molecular formula is C27H32N8O5. The number of aromatic amines is 1. The highest BCUT2D eigenvalue weighted by atomic mass is 16.5. The maximum Gasteiger partial charge on any atom is 0.330 e. The number of hydrogen-bond donors (Lipinski definition) is 3. The minimum atomic E-state index is -0.287. The molecule has 1 fully saturated rings. The average Bonchev–Trinajstić information content (AvgIpc) is 3.63. The van der Waals surface area contributed by atoms with Gasteiger partial charge in [0.05, 0.1) is 64.5 Å². The molecule has 0 bridgehead atoms. The normalized spacial score (nSPS) is 18.4. The maximum absolute atomic E-state index is 14.2. The van der Waals surface area contributed by atoms with Crippen LogP contribution in [0.25, 0.3) is 0 Å². The minimum absolute atomic E-state index is 0.235. The highest BCUT2D eigenvalue weighted by molar-refractivity contribution is 6.06. The summed E-state index contributed by atoms with van der Waals surface area (Å²) in [6.07, 6.45) is 6.33. The number of H-pyrrole nitrogens is 1. The van der Waals surface area contributed by atoms with Gasteiger partial charge in [-0.15, -0.1) is 0 Å². The largest absolute Gasteiger partial charge is 0.496 e. The molecule has 2 aliphatic heterocycles. The van der Waals surface area contributed by atoms with E-state index in [0.717, 1.165) is 22.3 Å². The van der Waals surface area contributed by atoms with E-state index in [9.17, 15) is 9.59 Å². The molecule has 5 rings (SSSR count). The summed E-state index contributed by atoms with van der Waals surface area (Å²) < 4.78 is 16.7. The number of ether oxygens (including phenoxy) is 3. The predicted molar refractivity (Wildman–Crippen MR) is 148 cm³/mol. The lowest BCUT2D eigenvalue weighted by Gasteiger charge is -2.37. The monoisotopic (exact) mass is 548 g/mol. The summed E-state index contributed by atoms with van der Waals surface area (Å²) in [7, 11) is 3.18. The van der Waals surface area contributed by atoms with Gasteiger partial charge < -0.3 is 24.8 Å². The molecule has 0 aliphatic carbocycles. The summed E-state index contributed by atoms with van der Waals surface area (Å²) in [5.41, 5.74) is 3.90. The second kappa shape index (κ2) is 11.2. The fourth-order valence-corrected chi connectivity index (χ4v) is 5.08. The van der Waals surface area contributed by atoms with Gasteiger partial charge >= 0.3 is 6.03 Å². The van der Waals surface area contributed by atoms with Crippen molar-refractivity contribution in [3.8, 4) is 11.5 Å². The van der Waals surface area contributed by atoms with Gasteiger partial charge in [0.25, 0.3) is 0 Å². The fourth-order valence-electron chi connectivity index (χ4n) is 5.08. The van der Waals surface area contributed by atoms with Crippen molar-refractivity contribution in [2.45, 2.75) is 39.0 Å². The van der Waals surface area contributed by atoms with Crippen LogP contribution in [0.2, 0.25) is 0 Å². The highest BCUT2D eigenvalue weighted by Gasteiger charge is 2.36. The summed E-state index contributed by atoms with van der Waals surface area (Å²) in [4.78, 5) is 38.6. The van der Waals surface area contributed by atoms with E-state index >= 15 is 0 Å². The van der Waals surface area contributed by atoms with Crippen molar-refractivity contribution in [1.29, 1.82) is 0 Å². The molecule has 1 saturated heterocycles. The van der Waals surface area contributed by atoms with Gasteiger partial charge in [0.15, 0.2) is 0 Å². The van der Waals surface area contributed by atoms with Crippen molar-refractivity contribution in [2.75, 3.05) is 42.5 Å². The predicted octanol–water partition coefficient (Wildman–Crippen LogP) is 2.46. The number of amides is 3. The van der Waals surface area contributed by atoms with Crippen LogP contribution in [0.15, 0.2) is 37.3 Å². The molecule has 2 unspecified atom stereocenters. The van der Waals surface area contributed by atoms with Gasteiger partial charge in [-0.2, -0.15) is 10.1 Å². The van der Waals surface area contributed by atoms with Gasteiger partial charge in [-0.25, -0.2) is 9.78 Å². The Bertz CT molecular complexity index is 1400. The number of anilines is 3. The van der Waals surface area contributed by atoms with Gasteiger partial charge in [0.1, 0.15) is 17.3 Å². The third kappa shape index (κ3) is 5.02. The van der Waals surface area contributed by atoms with Gasteiger partial charge in [-0.3, -0.25) is 19.7 Å². The lowest BCUT2D eigenvalue weighted by atomic mass is 10.0. The molecule has 3 aromatic rings. The third-order valence-electron chi connectivity index (χ3n) is 7.11. The van der Waals surface area contributed by atoms with Gasteiger partial charge in [0, 0.05) is 40.7 Å². The van der Waals surface area contributed by atoms with Crippen LogP contribution in [0.3, 0.4) is 0 Å². The Morgan fingerprint density at radius 2 is 1.93 bits per heavy atom. The van der Waals surface area contributed by atoms with E-state index in [0.29, 0.717) is 42.2 Å². The number of methoxy groups -OCH3 is 2. The number of hydrogen-bond acceptors (Lipinski definition) is 9. The summed E-state index contributed by atoms with van der Waals surface area (Å²) in [6, 6.07) is 1.02. The first kappa shape index (κ1) is 26.9. The van der Waals surface area contributed by atoms with E-state index in [-0.39, 0.29) is 37.1 Å². The second-order valence-corrected chi connectivity index (χ2v) is 9.59. The first-order chi connectivity index (χ1) is 19.3. The number of nitrogens with one attached hydrogen (secondary N) is 3. The summed E-state index contributed by atoms with van der Waals surface area (Å²) in [5, 5.41) is 12.9. The first-order valence-corrected chi connectivity index (χ1v) is 12.8. The zero-order chi connectivity index (χ0) is 28.4. The Labute approximate surface area is 231 Å². The molecule has 2 aromatic heterocycles. The van der Waals surface area contributed by atoms with Crippen LogP contribution >= 0.6 is 0 Å². The van der Waals surface area contributed by atoms with Gasteiger partial charge in [0.2, 0.25) is 11.9 Å². The molecule has 0 radical (unpaired) electrons. The molecule has 13 nitrogen and oxygen atoms in total. The molecular weight excluding hydrogens is 516 g/mol. The fraction of sp³-hybridized carbons (Fsp3) is 0.370. The van der Waals surface area contributed by atoms with Crippen molar-refractivity contribution in [2.24, 2.45) is 0 Å². The van der Waals surface area contributed by atoms with Crippen LogP contribution in [0.4, 0.5) is 22.2 Å². The molecule has 4 heterocycles. The molecule has 3 N–H and O–H groups in total. The average molecular weight is 549 g/mol. The number of benzene rings is 1. The second-order valence-electron chi connectivity index (χ2n) is 9.59. The van der Waals surface area contributed by atoms with Crippen LogP contribution in [0.1, 0.15) is 22.3 Å². The van der Waals surface area contributed by atoms with Gasteiger partial charge in [-0.1, -0.05) is 6.58 Å². The summed E-state index contributed by atoms with van der Waals surface area (Å²) in [5.74, 6) is 1.75. The number of rotatable bonds is 9. The molecule has 2 atom stereocenters. The van der Waals surface area contributed by atoms with Crippen molar-refractivity contribution >= 4 is 29.4 Å². The highest BCUT2D eigenvalue weighted by Crippen LogP contribution is 2.42. The summed E-state index contributed by atoms with van der Waals surface area (Å²) >= 11 is 0. The van der Waals surface area contributed by atoms with E-state index in [4.69, 9.17) is 19.2 Å². The van der Waals surface area contributed by atoms with Crippen LogP contribution < -0.4 is 29.9 Å². The van der Waals surface area contributed by atoms with Gasteiger partial charge in [-0.05, 0) is 19.9 Å². The maximum atomic E-state index is 14.2. The Morgan fingerprint density at radius 1 is 1.20 bits per heavy atom. The third-order valence-corrected chi connectivity index (χ3v) is 7.11. The molecule has 0 spiro atoms. The Hall–Kier alpha value is -4.65. The van der Waals surface area contributed by atoms with E-state index in [1.165, 1.54) is 6.08 Å². The van der Waals surface area contributed by atoms with E-state index < -0.39 is 0 Å². The molecule has 1 aromatic carbocycles. The molecule has 13 heteroatoms. The van der Waals surface area contributed by atoms with Crippen LogP contribution in [0, 0.1) is 13.8 Å². The van der Waals surface area contributed by atoms with Crippen molar-refractivity contribution in [3.05, 3.63) is 59.6 Å². The number of urea groups is 1. The van der Waals surface area contributed by atoms with Crippen molar-refractivity contribution in [3.63, 3.8) is 0 Å². The van der Waals surface area contributed by atoms with Crippen molar-refractivity contribution < 1.29 is 23.8 Å². The zero-order valence-electron chi connectivity index (χ0n) is 22.9. The standard InChI is InChI=1S/C27H32N8O5/c1-6-23(36)31-19-13-40-14-20(19)32-26-28-10-18-12-34(24-15(2)21(38-4)7-22(39-5)16(24)3)27(37)35(25(18)33-26)11-17-8-29-30-9-17/h6-10,19-20H,1,11-14H2,2-5H3,(H,29,30)(H,31,36)(H,28,32,33). The van der Waals surface area contributed by atoms with E-state index in [1.54, 1.807) is 42.6 Å². The first-order valence-electron chi connectivity index (χ1n) is 12.8. The quantitative estimate of drug-likeness (QED) is 0.343. The molecule has 2 aliphatic rings. The Balaban J connectivity index is 1.52. The molecule has 0 saturated carbocycles.